The van der Waals surface area contributed by atoms with Crippen molar-refractivity contribution < 1.29 is 9.31 Å². The first-order valence-electron chi connectivity index (χ1n) is 6.20. The molecule has 0 aliphatic heterocycles. The highest BCUT2D eigenvalue weighted by molar-refractivity contribution is 5.47. The van der Waals surface area contributed by atoms with E-state index in [-0.39, 0.29) is 5.69 Å². The van der Waals surface area contributed by atoms with Crippen molar-refractivity contribution in [3.05, 3.63) is 51.6 Å². The Bertz CT molecular complexity index is 639. The third kappa shape index (κ3) is 3.11. The van der Waals surface area contributed by atoms with Crippen molar-refractivity contribution in [1.29, 1.82) is 0 Å². The third-order valence-electron chi connectivity index (χ3n) is 2.88. The van der Waals surface area contributed by atoms with E-state index in [9.17, 15) is 14.5 Å². The van der Waals surface area contributed by atoms with Gasteiger partial charge in [0.1, 0.15) is 5.82 Å². The van der Waals surface area contributed by atoms with Crippen molar-refractivity contribution in [2.24, 2.45) is 7.05 Å². The molecule has 0 unspecified atom stereocenters. The molecule has 1 N–H and O–H groups in total. The van der Waals surface area contributed by atoms with Gasteiger partial charge >= 0.3 is 0 Å². The number of non-ortho nitro benzene ring substituents is 1. The van der Waals surface area contributed by atoms with E-state index in [1.165, 1.54) is 12.1 Å². The largest absolute Gasteiger partial charge is 0.378 e. The zero-order valence-corrected chi connectivity index (χ0v) is 11.3. The average Bonchev–Trinajstić information content (AvgIpc) is 2.76. The van der Waals surface area contributed by atoms with Gasteiger partial charge in [-0.05, 0) is 18.1 Å². The molecule has 0 spiro atoms. The van der Waals surface area contributed by atoms with E-state index >= 15 is 0 Å². The van der Waals surface area contributed by atoms with Crippen LogP contribution in [0, 0.1) is 15.9 Å². The van der Waals surface area contributed by atoms with Crippen LogP contribution in [0.1, 0.15) is 18.2 Å². The van der Waals surface area contributed by atoms with Crippen LogP contribution >= 0.6 is 0 Å². The lowest BCUT2D eigenvalue weighted by Crippen LogP contribution is -2.02. The van der Waals surface area contributed by atoms with Gasteiger partial charge in [-0.15, -0.1) is 0 Å². The minimum Gasteiger partial charge on any atom is -0.378 e. The molecule has 106 valence electrons. The predicted molar refractivity (Wildman–Crippen MR) is 73.0 cm³/mol. The van der Waals surface area contributed by atoms with Crippen LogP contribution in [0.2, 0.25) is 0 Å². The quantitative estimate of drug-likeness (QED) is 0.674. The lowest BCUT2D eigenvalue weighted by molar-refractivity contribution is -0.385. The molecule has 1 aromatic carbocycles. The molecular weight excluding hydrogens is 263 g/mol. The number of nitrogens with one attached hydrogen (secondary N) is 1. The molecule has 0 bridgehead atoms. The molecule has 0 aliphatic rings. The number of aromatic nitrogens is 2. The highest BCUT2D eigenvalue weighted by Crippen LogP contribution is 2.19. The van der Waals surface area contributed by atoms with Gasteiger partial charge in [0.05, 0.1) is 22.4 Å². The van der Waals surface area contributed by atoms with Crippen molar-refractivity contribution in [3.63, 3.8) is 0 Å². The molecule has 0 saturated heterocycles. The van der Waals surface area contributed by atoms with Crippen molar-refractivity contribution in [3.8, 4) is 0 Å². The summed E-state index contributed by atoms with van der Waals surface area (Å²) >= 11 is 0. The van der Waals surface area contributed by atoms with E-state index in [0.717, 1.165) is 23.9 Å². The summed E-state index contributed by atoms with van der Waals surface area (Å²) in [5, 5.41) is 18.1. The highest BCUT2D eigenvalue weighted by Gasteiger charge is 2.11. The Labute approximate surface area is 115 Å². The smallest absolute Gasteiger partial charge is 0.272 e. The number of nitro groups is 1. The molecule has 0 fully saturated rings. The Morgan fingerprint density at radius 1 is 1.45 bits per heavy atom. The van der Waals surface area contributed by atoms with Gasteiger partial charge in [-0.25, -0.2) is 4.39 Å². The normalized spacial score (nSPS) is 10.6. The summed E-state index contributed by atoms with van der Waals surface area (Å²) in [6.45, 7) is 2.29. The molecule has 7 heteroatoms. The predicted octanol–water partition coefficient (Wildman–Crippen LogP) is 2.64. The first-order chi connectivity index (χ1) is 9.49. The number of hydrogen-bond acceptors (Lipinski definition) is 4. The highest BCUT2D eigenvalue weighted by atomic mass is 19.1. The first-order valence-corrected chi connectivity index (χ1v) is 6.20. The topological polar surface area (TPSA) is 73.0 Å². The second-order valence-corrected chi connectivity index (χ2v) is 4.45. The van der Waals surface area contributed by atoms with Crippen molar-refractivity contribution >= 4 is 11.4 Å². The average molecular weight is 278 g/mol. The lowest BCUT2D eigenvalue weighted by atomic mass is 10.2. The van der Waals surface area contributed by atoms with Crippen LogP contribution in [0.5, 0.6) is 0 Å². The van der Waals surface area contributed by atoms with Gasteiger partial charge in [-0.1, -0.05) is 6.92 Å². The van der Waals surface area contributed by atoms with Gasteiger partial charge < -0.3 is 5.32 Å². The minimum atomic E-state index is -0.613. The summed E-state index contributed by atoms with van der Waals surface area (Å²) in [6, 6.07) is 3.55. The van der Waals surface area contributed by atoms with Gasteiger partial charge in [0.25, 0.3) is 5.69 Å². The van der Waals surface area contributed by atoms with Gasteiger partial charge in [-0.3, -0.25) is 14.8 Å². The molecule has 20 heavy (non-hydrogen) atoms. The fourth-order valence-electron chi connectivity index (χ4n) is 1.98. The van der Waals surface area contributed by atoms with E-state index in [4.69, 9.17) is 0 Å². The van der Waals surface area contributed by atoms with Crippen molar-refractivity contribution in [1.82, 2.24) is 9.78 Å². The van der Waals surface area contributed by atoms with E-state index in [1.54, 1.807) is 4.68 Å². The Balaban J connectivity index is 2.16. The van der Waals surface area contributed by atoms with E-state index in [2.05, 4.69) is 10.4 Å². The number of anilines is 1. The fourth-order valence-corrected chi connectivity index (χ4v) is 1.98. The van der Waals surface area contributed by atoms with Gasteiger partial charge in [0, 0.05) is 25.9 Å². The summed E-state index contributed by atoms with van der Waals surface area (Å²) in [7, 11) is 1.82. The molecule has 0 atom stereocenters. The molecule has 0 radical (unpaired) electrons. The maximum atomic E-state index is 13.3. The first kappa shape index (κ1) is 14.0. The number of halogens is 1. The molecule has 0 aliphatic carbocycles. The van der Waals surface area contributed by atoms with Crippen molar-refractivity contribution in [2.75, 3.05) is 5.32 Å². The van der Waals surface area contributed by atoms with Crippen LogP contribution in [-0.2, 0) is 20.0 Å². The Morgan fingerprint density at radius 2 is 2.20 bits per heavy atom. The second kappa shape index (κ2) is 5.68. The Morgan fingerprint density at radius 3 is 2.85 bits per heavy atom. The summed E-state index contributed by atoms with van der Waals surface area (Å²) in [6.07, 6.45) is 2.60. The summed E-state index contributed by atoms with van der Waals surface area (Å²) in [5.74, 6) is -0.613. The zero-order chi connectivity index (χ0) is 14.7. The van der Waals surface area contributed by atoms with E-state index in [0.29, 0.717) is 12.1 Å². The second-order valence-electron chi connectivity index (χ2n) is 4.45. The van der Waals surface area contributed by atoms with Gasteiger partial charge in [0.15, 0.2) is 0 Å². The monoisotopic (exact) mass is 278 g/mol. The SMILES string of the molecule is CCc1nn(C)cc1NCc1cc(F)cc([N+](=O)[O-])c1. The molecular formula is C13H15FN4O2. The number of nitrogens with zero attached hydrogens (tertiary/aromatic N) is 3. The maximum absolute atomic E-state index is 13.3. The summed E-state index contributed by atoms with van der Waals surface area (Å²) < 4.78 is 15.0. The van der Waals surface area contributed by atoms with E-state index < -0.39 is 10.7 Å². The number of aryl methyl sites for hydroxylation is 2. The maximum Gasteiger partial charge on any atom is 0.272 e. The summed E-state index contributed by atoms with van der Waals surface area (Å²) in [5.41, 5.74) is 2.02. The molecule has 0 amide bonds. The van der Waals surface area contributed by atoms with E-state index in [1.807, 2.05) is 20.2 Å². The molecule has 2 rings (SSSR count). The standard InChI is InChI=1S/C13H15FN4O2/c1-3-12-13(8-17(2)16-12)15-7-9-4-10(14)6-11(5-9)18(19)20/h4-6,8,15H,3,7H2,1-2H3. The van der Waals surface area contributed by atoms with Crippen LogP contribution in [0.15, 0.2) is 24.4 Å². The Kier molecular flexibility index (Phi) is 3.97. The number of benzene rings is 1. The number of nitro benzene ring substituents is 1. The Hall–Kier alpha value is -2.44. The number of hydrogen-bond donors (Lipinski definition) is 1. The number of rotatable bonds is 5. The van der Waals surface area contributed by atoms with Crippen LogP contribution < -0.4 is 5.32 Å². The third-order valence-corrected chi connectivity index (χ3v) is 2.88. The van der Waals surface area contributed by atoms with Gasteiger partial charge in [-0.2, -0.15) is 5.10 Å². The lowest BCUT2D eigenvalue weighted by Gasteiger charge is -2.06. The van der Waals surface area contributed by atoms with Crippen molar-refractivity contribution in [2.45, 2.75) is 19.9 Å². The van der Waals surface area contributed by atoms with Crippen LogP contribution in [0.4, 0.5) is 15.8 Å². The van der Waals surface area contributed by atoms with Crippen LogP contribution in [0.25, 0.3) is 0 Å². The molecule has 6 nitrogen and oxygen atoms in total. The molecule has 0 saturated carbocycles. The molecule has 1 aromatic heterocycles. The zero-order valence-electron chi connectivity index (χ0n) is 11.3. The van der Waals surface area contributed by atoms with Crippen LogP contribution in [-0.4, -0.2) is 14.7 Å². The molecule has 2 aromatic rings. The van der Waals surface area contributed by atoms with Crippen LogP contribution in [0.3, 0.4) is 0 Å². The molecule has 1 heterocycles. The summed E-state index contributed by atoms with van der Waals surface area (Å²) in [4.78, 5) is 10.1. The van der Waals surface area contributed by atoms with Gasteiger partial charge in [0.2, 0.25) is 0 Å². The fraction of sp³-hybridized carbons (Fsp3) is 0.308. The minimum absolute atomic E-state index is 0.247.